The molecular weight excluding hydrogens is 245 g/mol. The second-order valence-corrected chi connectivity index (χ2v) is 5.23. The van der Waals surface area contributed by atoms with E-state index in [1.807, 2.05) is 6.07 Å². The molecular formula is C15H20FNO2. The molecule has 2 aliphatic heterocycles. The Kier molecular flexibility index (Phi) is 3.87. The van der Waals surface area contributed by atoms with Gasteiger partial charge in [-0.2, -0.15) is 0 Å². The van der Waals surface area contributed by atoms with Crippen molar-refractivity contribution in [2.75, 3.05) is 31.2 Å². The minimum Gasteiger partial charge on any atom is -0.486 e. The Labute approximate surface area is 113 Å². The fourth-order valence-electron chi connectivity index (χ4n) is 2.80. The van der Waals surface area contributed by atoms with Gasteiger partial charge in [-0.25, -0.2) is 4.39 Å². The summed E-state index contributed by atoms with van der Waals surface area (Å²) in [5.41, 5.74) is 0.885. The Morgan fingerprint density at radius 3 is 2.84 bits per heavy atom. The van der Waals surface area contributed by atoms with E-state index in [4.69, 9.17) is 9.47 Å². The van der Waals surface area contributed by atoms with Crippen molar-refractivity contribution in [1.29, 1.82) is 0 Å². The topological polar surface area (TPSA) is 21.7 Å². The summed E-state index contributed by atoms with van der Waals surface area (Å²) in [6, 6.07) is 5.16. The molecule has 19 heavy (non-hydrogen) atoms. The lowest BCUT2D eigenvalue weighted by Gasteiger charge is -2.22. The van der Waals surface area contributed by atoms with Crippen molar-refractivity contribution in [3.05, 3.63) is 24.0 Å². The molecule has 1 unspecified atom stereocenters. The molecule has 104 valence electrons. The summed E-state index contributed by atoms with van der Waals surface area (Å²) < 4.78 is 25.2. The smallest absolute Gasteiger partial charge is 0.178 e. The zero-order chi connectivity index (χ0) is 13.1. The lowest BCUT2D eigenvalue weighted by molar-refractivity contribution is 0.0667. The molecule has 0 radical (unpaired) electrons. The van der Waals surface area contributed by atoms with E-state index in [0.717, 1.165) is 38.2 Å². The van der Waals surface area contributed by atoms with Gasteiger partial charge in [0.05, 0.1) is 11.8 Å². The molecule has 0 aliphatic carbocycles. The maximum atomic E-state index is 14.0. The summed E-state index contributed by atoms with van der Waals surface area (Å²) >= 11 is 0. The molecule has 2 fully saturated rings. The van der Waals surface area contributed by atoms with Gasteiger partial charge in [-0.15, -0.1) is 0 Å². The van der Waals surface area contributed by atoms with Crippen LogP contribution >= 0.6 is 0 Å². The van der Waals surface area contributed by atoms with Crippen LogP contribution in [-0.4, -0.2) is 32.4 Å². The van der Waals surface area contributed by atoms with Gasteiger partial charge >= 0.3 is 0 Å². The van der Waals surface area contributed by atoms with E-state index in [1.54, 1.807) is 6.07 Å². The van der Waals surface area contributed by atoms with E-state index in [9.17, 15) is 4.39 Å². The lowest BCUT2D eigenvalue weighted by Crippen LogP contribution is -2.21. The van der Waals surface area contributed by atoms with Gasteiger partial charge < -0.3 is 14.4 Å². The van der Waals surface area contributed by atoms with Crippen LogP contribution in [-0.2, 0) is 4.74 Å². The normalized spacial score (nSPS) is 23.0. The zero-order valence-corrected chi connectivity index (χ0v) is 11.1. The molecule has 2 aliphatic rings. The summed E-state index contributed by atoms with van der Waals surface area (Å²) in [6.07, 6.45) is 4.53. The van der Waals surface area contributed by atoms with E-state index >= 15 is 0 Å². The second kappa shape index (κ2) is 5.78. The number of hydrogen-bond donors (Lipinski definition) is 0. The van der Waals surface area contributed by atoms with Crippen LogP contribution in [0.15, 0.2) is 18.2 Å². The molecule has 1 aromatic rings. The molecule has 0 aromatic heterocycles. The van der Waals surface area contributed by atoms with Crippen LogP contribution < -0.4 is 9.64 Å². The van der Waals surface area contributed by atoms with E-state index < -0.39 is 0 Å². The monoisotopic (exact) mass is 265 g/mol. The Hall–Kier alpha value is -1.29. The number of benzene rings is 1. The van der Waals surface area contributed by atoms with Crippen molar-refractivity contribution >= 4 is 5.69 Å². The van der Waals surface area contributed by atoms with Crippen LogP contribution in [0.3, 0.4) is 0 Å². The van der Waals surface area contributed by atoms with Crippen molar-refractivity contribution in [3.8, 4) is 5.75 Å². The van der Waals surface area contributed by atoms with E-state index in [-0.39, 0.29) is 11.9 Å². The zero-order valence-electron chi connectivity index (χ0n) is 11.1. The summed E-state index contributed by atoms with van der Waals surface area (Å²) in [5.74, 6) is 0.113. The summed E-state index contributed by atoms with van der Waals surface area (Å²) in [5, 5.41) is 0. The number of ether oxygens (including phenoxy) is 2. The molecule has 3 rings (SSSR count). The van der Waals surface area contributed by atoms with Gasteiger partial charge in [0, 0.05) is 19.7 Å². The fourth-order valence-corrected chi connectivity index (χ4v) is 2.80. The summed E-state index contributed by atoms with van der Waals surface area (Å²) in [6.45, 7) is 3.21. The van der Waals surface area contributed by atoms with Gasteiger partial charge in [-0.1, -0.05) is 6.07 Å². The van der Waals surface area contributed by atoms with Crippen LogP contribution in [0.5, 0.6) is 5.75 Å². The number of anilines is 1. The molecule has 0 amide bonds. The quantitative estimate of drug-likeness (QED) is 0.835. The van der Waals surface area contributed by atoms with Crippen molar-refractivity contribution in [2.24, 2.45) is 0 Å². The SMILES string of the molecule is Fc1cccc(N2CCCC2)c1OCC1CCCO1. The minimum atomic E-state index is -0.276. The second-order valence-electron chi connectivity index (χ2n) is 5.23. The van der Waals surface area contributed by atoms with Crippen molar-refractivity contribution < 1.29 is 13.9 Å². The third kappa shape index (κ3) is 2.84. The third-order valence-corrected chi connectivity index (χ3v) is 3.83. The molecule has 0 spiro atoms. The Morgan fingerprint density at radius 1 is 1.26 bits per heavy atom. The molecule has 1 aromatic carbocycles. The number of nitrogens with zero attached hydrogens (tertiary/aromatic N) is 1. The van der Waals surface area contributed by atoms with Crippen LogP contribution in [0.25, 0.3) is 0 Å². The van der Waals surface area contributed by atoms with E-state index in [2.05, 4.69) is 4.90 Å². The van der Waals surface area contributed by atoms with Crippen molar-refractivity contribution in [1.82, 2.24) is 0 Å². The third-order valence-electron chi connectivity index (χ3n) is 3.83. The maximum absolute atomic E-state index is 14.0. The highest BCUT2D eigenvalue weighted by Crippen LogP contribution is 2.33. The molecule has 0 saturated carbocycles. The Morgan fingerprint density at radius 2 is 2.11 bits per heavy atom. The molecule has 4 heteroatoms. The van der Waals surface area contributed by atoms with E-state index in [0.29, 0.717) is 12.4 Å². The van der Waals surface area contributed by atoms with Crippen LogP contribution in [0.1, 0.15) is 25.7 Å². The molecule has 1 atom stereocenters. The average molecular weight is 265 g/mol. The van der Waals surface area contributed by atoms with Gasteiger partial charge in [0.1, 0.15) is 6.61 Å². The average Bonchev–Trinajstić information content (AvgIpc) is 3.10. The number of para-hydroxylation sites is 1. The van der Waals surface area contributed by atoms with Gasteiger partial charge in [0.2, 0.25) is 0 Å². The van der Waals surface area contributed by atoms with Gasteiger partial charge in [0.15, 0.2) is 11.6 Å². The highest BCUT2D eigenvalue weighted by atomic mass is 19.1. The van der Waals surface area contributed by atoms with Crippen LogP contribution in [0.4, 0.5) is 10.1 Å². The first-order valence-corrected chi connectivity index (χ1v) is 7.12. The molecule has 0 N–H and O–H groups in total. The van der Waals surface area contributed by atoms with Gasteiger partial charge in [-0.05, 0) is 37.8 Å². The fraction of sp³-hybridized carbons (Fsp3) is 0.600. The van der Waals surface area contributed by atoms with Crippen molar-refractivity contribution in [3.63, 3.8) is 0 Å². The first-order chi connectivity index (χ1) is 9.34. The van der Waals surface area contributed by atoms with Crippen molar-refractivity contribution in [2.45, 2.75) is 31.8 Å². The lowest BCUT2D eigenvalue weighted by atomic mass is 10.2. The predicted octanol–water partition coefficient (Wildman–Crippen LogP) is 2.98. The molecule has 0 bridgehead atoms. The Balaban J connectivity index is 1.73. The highest BCUT2D eigenvalue weighted by Gasteiger charge is 2.21. The van der Waals surface area contributed by atoms with Gasteiger partial charge in [-0.3, -0.25) is 0 Å². The predicted molar refractivity (Wildman–Crippen MR) is 72.3 cm³/mol. The maximum Gasteiger partial charge on any atom is 0.178 e. The minimum absolute atomic E-state index is 0.117. The number of rotatable bonds is 4. The standard InChI is InChI=1S/C15H20FNO2/c16-13-6-3-7-14(17-8-1-2-9-17)15(13)19-11-12-5-4-10-18-12/h3,6-7,12H,1-2,4-5,8-11H2. The largest absolute Gasteiger partial charge is 0.486 e. The summed E-state index contributed by atoms with van der Waals surface area (Å²) in [4.78, 5) is 2.20. The van der Waals surface area contributed by atoms with Crippen LogP contribution in [0.2, 0.25) is 0 Å². The first-order valence-electron chi connectivity index (χ1n) is 7.12. The first kappa shape index (κ1) is 12.7. The van der Waals surface area contributed by atoms with E-state index in [1.165, 1.54) is 18.9 Å². The highest BCUT2D eigenvalue weighted by molar-refractivity contribution is 5.59. The number of halogens is 1. The summed E-state index contributed by atoms with van der Waals surface area (Å²) in [7, 11) is 0. The van der Waals surface area contributed by atoms with Gasteiger partial charge in [0.25, 0.3) is 0 Å². The number of hydrogen-bond acceptors (Lipinski definition) is 3. The molecule has 2 saturated heterocycles. The molecule has 3 nitrogen and oxygen atoms in total. The Bertz CT molecular complexity index is 426. The molecule has 2 heterocycles. The van der Waals surface area contributed by atoms with Crippen LogP contribution in [0, 0.1) is 5.82 Å².